The fraction of sp³-hybridized carbons (Fsp3) is 0.0862. The van der Waals surface area contributed by atoms with E-state index in [-0.39, 0.29) is 101 Å². The summed E-state index contributed by atoms with van der Waals surface area (Å²) in [5.41, 5.74) is -1.25. The number of carbonyl (C=O) groups is 1. The lowest BCUT2D eigenvalue weighted by Crippen LogP contribution is -2.04. The standard InChI is InChI=1S/C58H46N12O21S4.2O3S/c1-59-42-12-9-39-38(8-13-44(56(39)75)63-60-31-3-6-36-28(18-31)2-10-43(55(36)74)64-62-41-11-5-33(70-92(79)80)23-40(41)58(77)78)53(42)68-61-32-4-7-37-29(19-32)22-51(95(87,88)89)54(57(37)76)69-66-46-27-49(90-16-14-71)45(26-50(46)91-17-15-72)65-67-47-24-34(93(81,82)83)20-30-21-35(94(84,85)86)25-48(73)52(30)47;2*1-4(2)3/h2-13,18-27,59,70-76H,14-17H2,1H3,(H,77,78)(H,79,80)(H,81,82,83)(H,84,85,86)(H,87,88,89);;/p-1. The molecule has 0 aliphatic rings. The third-order valence-electron chi connectivity index (χ3n) is 13.7. The number of ether oxygens (including phenoxy) is 2. The van der Waals surface area contributed by atoms with E-state index < -0.39 is 133 Å². The number of hydrogen-bond donors (Lipinski definition) is 12. The van der Waals surface area contributed by atoms with Crippen molar-refractivity contribution in [1.29, 1.82) is 0 Å². The molecule has 45 heteroatoms. The van der Waals surface area contributed by atoms with Gasteiger partial charge in [-0.3, -0.25) is 17.9 Å². The Labute approximate surface area is 582 Å². The van der Waals surface area contributed by atoms with Gasteiger partial charge in [-0.15, -0.1) is 66.2 Å². The molecule has 0 aliphatic heterocycles. The third kappa shape index (κ3) is 19.2. The number of nitrogens with one attached hydrogen (secondary N) is 2. The Bertz CT molecular complexity index is 5850. The quantitative estimate of drug-likeness (QED) is 0.0161. The van der Waals surface area contributed by atoms with Crippen LogP contribution in [0.5, 0.6) is 34.5 Å². The molecule has 1 unspecified atom stereocenters. The third-order valence-corrected chi connectivity index (χ3v) is 16.6. The molecule has 0 heterocycles. The van der Waals surface area contributed by atoms with Crippen molar-refractivity contribution < 1.29 is 123 Å². The molecule has 0 aliphatic carbocycles. The van der Waals surface area contributed by atoms with Crippen LogP contribution >= 0.6 is 0 Å². The van der Waals surface area contributed by atoms with Crippen molar-refractivity contribution >= 4 is 180 Å². The predicted octanol–water partition coefficient (Wildman–Crippen LogP) is 10.6. The molecule has 1 atom stereocenters. The van der Waals surface area contributed by atoms with Crippen molar-refractivity contribution in [2.24, 2.45) is 51.1 Å². The lowest BCUT2D eigenvalue weighted by molar-refractivity contribution is 0.0697. The van der Waals surface area contributed by atoms with Crippen LogP contribution < -0.4 is 19.5 Å². The highest BCUT2D eigenvalue weighted by molar-refractivity contribution is 7.86. The van der Waals surface area contributed by atoms with Crippen LogP contribution in [0.3, 0.4) is 0 Å². The number of hydrogen-bond acceptors (Lipinski definition) is 34. The van der Waals surface area contributed by atoms with E-state index in [1.54, 1.807) is 37.4 Å². The van der Waals surface area contributed by atoms with Gasteiger partial charge < -0.3 is 59.8 Å². The number of fused-ring (bicyclic) bond motifs is 4. The summed E-state index contributed by atoms with van der Waals surface area (Å²) in [6, 6.07) is 27.8. The van der Waals surface area contributed by atoms with E-state index >= 15 is 0 Å². The molecule has 0 amide bonds. The molecule has 0 aromatic heterocycles. The first-order chi connectivity index (χ1) is 48.6. The Balaban J connectivity index is 0.00000160. The number of carboxylic acid groups (broad SMARTS) is 1. The molecule has 39 nitrogen and oxygen atoms in total. The van der Waals surface area contributed by atoms with Crippen LogP contribution in [-0.2, 0) is 62.8 Å². The summed E-state index contributed by atoms with van der Waals surface area (Å²) in [4.78, 5) is 9.24. The second kappa shape index (κ2) is 32.6. The number of aromatic carboxylic acids is 1. The number of phenolic OH excluding ortho intramolecular Hbond substituents is 4. The minimum Gasteiger partial charge on any atom is -0.755 e. The van der Waals surface area contributed by atoms with Crippen LogP contribution in [0.25, 0.3) is 43.1 Å². The van der Waals surface area contributed by atoms with Crippen LogP contribution in [0.2, 0.25) is 0 Å². The van der Waals surface area contributed by atoms with E-state index in [1.807, 2.05) is 0 Å². The lowest BCUT2D eigenvalue weighted by atomic mass is 10.1. The normalized spacial score (nSPS) is 12.3. The van der Waals surface area contributed by atoms with Gasteiger partial charge in [0.05, 0.1) is 56.7 Å². The average Bonchev–Trinajstić information content (AvgIpc) is 0.775. The Morgan fingerprint density at radius 3 is 1.49 bits per heavy atom. The first-order valence-electron chi connectivity index (χ1n) is 27.9. The molecule has 0 saturated carbocycles. The number of benzene rings is 10. The average molecular weight is 1530 g/mol. The number of aromatic hydroxyl groups is 4. The molecule has 10 rings (SSSR count). The van der Waals surface area contributed by atoms with Gasteiger partial charge in [0.15, 0.2) is 17.2 Å². The van der Waals surface area contributed by atoms with Gasteiger partial charge in [-0.1, -0.05) is 6.07 Å². The molecule has 10 aromatic rings. The molecule has 0 fully saturated rings. The Hall–Kier alpha value is -11.9. The first-order valence-corrected chi connectivity index (χ1v) is 35.3. The van der Waals surface area contributed by atoms with Crippen LogP contribution in [0.1, 0.15) is 10.4 Å². The topological polar surface area (TPSA) is 630 Å². The fourth-order valence-corrected chi connectivity index (χ4v) is 11.5. The van der Waals surface area contributed by atoms with Crippen molar-refractivity contribution in [1.82, 2.24) is 0 Å². The highest BCUT2D eigenvalue weighted by atomic mass is 32.2. The maximum absolute atomic E-state index is 13.0. The second-order valence-corrected chi connectivity index (χ2v) is 25.9. The SMILES string of the molecule is CNc1ccc2c(O)c(N=Nc3ccc4c(O)c(N=Nc5ccc(NS(=O)[O-])cc5C(=O)O)ccc4c3)ccc2c1N=Nc1ccc2c(O)c(N=Nc3cc(OCCO)c(N=Nc4cc(S(=O)(=O)O)cc5cc(S(=O)(=O)O)cc(O)c45)cc3OCCO)c(S(=O)(=O)O)cc2c1.O=S(=O)=O.O=S(=O)=O. The Kier molecular flexibility index (Phi) is 24.3. The zero-order chi connectivity index (χ0) is 75.4. The summed E-state index contributed by atoms with van der Waals surface area (Å²) >= 11 is -2.70. The van der Waals surface area contributed by atoms with Gasteiger partial charge in [-0.2, -0.15) is 35.5 Å². The van der Waals surface area contributed by atoms with Crippen molar-refractivity contribution in [3.63, 3.8) is 0 Å². The maximum Gasteiger partial charge on any atom is 0.425 e. The molecule has 0 bridgehead atoms. The van der Waals surface area contributed by atoms with E-state index in [4.69, 9.17) is 34.7 Å². The van der Waals surface area contributed by atoms with Crippen LogP contribution in [0, 0.1) is 0 Å². The number of carboxylic acids is 1. The minimum atomic E-state index is -5.25. The Morgan fingerprint density at radius 1 is 0.466 bits per heavy atom. The highest BCUT2D eigenvalue weighted by Crippen LogP contribution is 2.48. The number of anilines is 2. The van der Waals surface area contributed by atoms with Gasteiger partial charge in [0.1, 0.15) is 75.2 Å². The zero-order valence-electron chi connectivity index (χ0n) is 51.4. The summed E-state index contributed by atoms with van der Waals surface area (Å²) in [5, 5.41) is 119. The molecular formula is C58H45N12O27S6-. The molecule has 12 N–H and O–H groups in total. The number of azo groups is 5. The number of rotatable bonds is 23. The maximum atomic E-state index is 13.0. The fourth-order valence-electron chi connectivity index (χ4n) is 9.40. The number of aliphatic hydroxyl groups is 2. The molecule has 536 valence electrons. The second-order valence-electron chi connectivity index (χ2n) is 20.2. The summed E-state index contributed by atoms with van der Waals surface area (Å²) in [5.74, 6) is -4.19. The monoisotopic (exact) mass is 1530 g/mol. The Morgan fingerprint density at radius 2 is 0.932 bits per heavy atom. The molecular weight excluding hydrogens is 1490 g/mol. The van der Waals surface area contributed by atoms with E-state index in [2.05, 4.69) is 61.2 Å². The summed E-state index contributed by atoms with van der Waals surface area (Å²) in [6.45, 7) is -2.00. The summed E-state index contributed by atoms with van der Waals surface area (Å²) in [6.07, 6.45) is 0. The van der Waals surface area contributed by atoms with E-state index in [9.17, 15) is 88.2 Å². The van der Waals surface area contributed by atoms with Gasteiger partial charge in [0, 0.05) is 63.7 Å². The van der Waals surface area contributed by atoms with Gasteiger partial charge in [0.2, 0.25) is 0 Å². The first kappa shape index (κ1) is 76.9. The van der Waals surface area contributed by atoms with Gasteiger partial charge in [-0.05, 0) is 125 Å². The molecule has 10 aromatic carbocycles. The van der Waals surface area contributed by atoms with E-state index in [0.29, 0.717) is 33.6 Å². The van der Waals surface area contributed by atoms with Crippen LogP contribution in [0.15, 0.2) is 199 Å². The van der Waals surface area contributed by atoms with Gasteiger partial charge in [0.25, 0.3) is 30.4 Å². The zero-order valence-corrected chi connectivity index (χ0v) is 56.3. The van der Waals surface area contributed by atoms with E-state index in [0.717, 1.165) is 42.5 Å². The lowest BCUT2D eigenvalue weighted by Gasteiger charge is -2.13. The molecule has 103 heavy (non-hydrogen) atoms. The molecule has 0 saturated heterocycles. The van der Waals surface area contributed by atoms with Crippen LogP contribution in [0.4, 0.5) is 68.2 Å². The van der Waals surface area contributed by atoms with Crippen LogP contribution in [-0.4, -0.2) is 148 Å². The van der Waals surface area contributed by atoms with Crippen molar-refractivity contribution in [2.45, 2.75) is 14.7 Å². The van der Waals surface area contributed by atoms with Gasteiger partial charge in [-0.25, -0.2) is 4.79 Å². The highest BCUT2D eigenvalue weighted by Gasteiger charge is 2.25. The van der Waals surface area contributed by atoms with Crippen molar-refractivity contribution in [3.05, 3.63) is 139 Å². The number of phenols is 4. The largest absolute Gasteiger partial charge is 0.755 e. The number of aliphatic hydroxyl groups excluding tert-OH is 2. The smallest absolute Gasteiger partial charge is 0.425 e. The molecule has 0 spiro atoms. The van der Waals surface area contributed by atoms with Gasteiger partial charge >= 0.3 is 27.2 Å². The summed E-state index contributed by atoms with van der Waals surface area (Å²) < 4.78 is 191. The van der Waals surface area contributed by atoms with Crippen molar-refractivity contribution in [2.75, 3.05) is 43.5 Å². The predicted molar refractivity (Wildman–Crippen MR) is 359 cm³/mol. The molecule has 0 radical (unpaired) electrons. The van der Waals surface area contributed by atoms with E-state index in [1.165, 1.54) is 54.6 Å². The van der Waals surface area contributed by atoms with Crippen molar-refractivity contribution in [3.8, 4) is 34.5 Å². The minimum absolute atomic E-state index is 0.00151. The summed E-state index contributed by atoms with van der Waals surface area (Å²) in [7, 11) is -19.8. The number of nitrogens with zero attached hydrogens (tertiary/aromatic N) is 10.